The third-order valence-corrected chi connectivity index (χ3v) is 2.84. The molecule has 1 N–H and O–H groups in total. The van der Waals surface area contributed by atoms with E-state index in [1.165, 1.54) is 0 Å². The van der Waals surface area contributed by atoms with Gasteiger partial charge in [-0.3, -0.25) is 0 Å². The van der Waals surface area contributed by atoms with E-state index in [9.17, 15) is 5.11 Å². The van der Waals surface area contributed by atoms with Crippen LogP contribution in [0.2, 0.25) is 0 Å². The van der Waals surface area contributed by atoms with Crippen LogP contribution in [0.5, 0.6) is 5.75 Å². The summed E-state index contributed by atoms with van der Waals surface area (Å²) in [6, 6.07) is 5.56. The van der Waals surface area contributed by atoms with Crippen molar-refractivity contribution in [2.45, 2.75) is 12.5 Å². The molecule has 0 heterocycles. The molecule has 0 aliphatic carbocycles. The summed E-state index contributed by atoms with van der Waals surface area (Å²) >= 11 is 7.45. The van der Waals surface area contributed by atoms with Crippen LogP contribution in [0.25, 0.3) is 0 Å². The maximum atomic E-state index is 9.70. The molecule has 0 spiro atoms. The molecule has 0 bridgehead atoms. The van der Waals surface area contributed by atoms with Gasteiger partial charge in [0, 0.05) is 0 Å². The normalized spacial score (nSPS) is 12.6. The van der Waals surface area contributed by atoms with Crippen molar-refractivity contribution >= 4 is 28.6 Å². The summed E-state index contributed by atoms with van der Waals surface area (Å²) in [5, 5.41) is 9.70. The maximum Gasteiger partial charge on any atom is 0.133 e. The van der Waals surface area contributed by atoms with Gasteiger partial charge in [-0.25, -0.2) is 0 Å². The van der Waals surface area contributed by atoms with E-state index in [0.717, 1.165) is 15.8 Å². The molecule has 1 aromatic rings. The Balaban J connectivity index is 2.85. The Morgan fingerprint density at radius 1 is 1.57 bits per heavy atom. The van der Waals surface area contributed by atoms with Crippen molar-refractivity contribution in [1.82, 2.24) is 0 Å². The summed E-state index contributed by atoms with van der Waals surface area (Å²) in [5.74, 6) is 1.44. The van der Waals surface area contributed by atoms with E-state index in [0.29, 0.717) is 12.2 Å². The van der Waals surface area contributed by atoms with Crippen molar-refractivity contribution in [2.75, 3.05) is 12.9 Å². The molecule has 0 aromatic heterocycles. The van der Waals surface area contributed by atoms with Gasteiger partial charge in [-0.15, -0.1) is 0 Å². The van der Waals surface area contributed by atoms with Crippen LogP contribution in [0.1, 0.15) is 18.1 Å². The number of aliphatic hydroxyl groups is 1. The monoisotopic (exact) mass is 276 g/mol. The fraction of sp³-hybridized carbons (Fsp3) is 0.400. The largest absolute Gasteiger partial charge is 0.496 e. The molecule has 1 rings (SSSR count). The Morgan fingerprint density at radius 3 is 2.79 bits per heavy atom. The van der Waals surface area contributed by atoms with Crippen LogP contribution >= 0.6 is 28.6 Å². The molecular weight excluding hydrogens is 264 g/mol. The molecule has 0 aliphatic rings. The first-order valence-electron chi connectivity index (χ1n) is 4.31. The average Bonchev–Trinajstić information content (AvgIpc) is 2.18. The van der Waals surface area contributed by atoms with Gasteiger partial charge in [0.1, 0.15) is 5.75 Å². The van der Waals surface area contributed by atoms with Gasteiger partial charge in [-0.2, -0.15) is 12.6 Å². The molecule has 0 fully saturated rings. The minimum Gasteiger partial charge on any atom is -0.496 e. The first kappa shape index (κ1) is 11.9. The molecule has 1 aromatic carbocycles. The highest BCUT2D eigenvalue weighted by Crippen LogP contribution is 2.28. The van der Waals surface area contributed by atoms with E-state index >= 15 is 0 Å². The van der Waals surface area contributed by atoms with Crippen molar-refractivity contribution in [2.24, 2.45) is 0 Å². The Labute approximate surface area is 97.8 Å². The lowest BCUT2D eigenvalue weighted by atomic mass is 10.1. The second kappa shape index (κ2) is 5.63. The zero-order valence-electron chi connectivity index (χ0n) is 7.90. The van der Waals surface area contributed by atoms with Crippen LogP contribution < -0.4 is 4.74 Å². The highest BCUT2D eigenvalue weighted by molar-refractivity contribution is 9.10. The number of benzene rings is 1. The molecular formula is C10H13BrO2S. The van der Waals surface area contributed by atoms with Crippen molar-refractivity contribution in [1.29, 1.82) is 0 Å². The van der Waals surface area contributed by atoms with Gasteiger partial charge in [0.2, 0.25) is 0 Å². The molecule has 0 saturated heterocycles. The molecule has 4 heteroatoms. The minimum atomic E-state index is -0.449. The summed E-state index contributed by atoms with van der Waals surface area (Å²) in [4.78, 5) is 0. The Bertz CT molecular complexity index is 304. The first-order chi connectivity index (χ1) is 6.69. The summed E-state index contributed by atoms with van der Waals surface area (Å²) in [6.07, 6.45) is 0.205. The van der Waals surface area contributed by atoms with Gasteiger partial charge >= 0.3 is 0 Å². The number of aliphatic hydroxyl groups excluding tert-OH is 1. The van der Waals surface area contributed by atoms with E-state index in [4.69, 9.17) is 4.74 Å². The van der Waals surface area contributed by atoms with Crippen molar-refractivity contribution in [3.63, 3.8) is 0 Å². The number of hydrogen-bond donors (Lipinski definition) is 2. The summed E-state index contributed by atoms with van der Waals surface area (Å²) in [6.45, 7) is 0. The number of thiol groups is 1. The predicted octanol–water partition coefficient (Wildman–Crippen LogP) is 2.81. The van der Waals surface area contributed by atoms with E-state index in [1.807, 2.05) is 18.2 Å². The lowest BCUT2D eigenvalue weighted by molar-refractivity contribution is 0.175. The van der Waals surface area contributed by atoms with Gasteiger partial charge < -0.3 is 9.84 Å². The number of methoxy groups -OCH3 is 1. The molecule has 14 heavy (non-hydrogen) atoms. The van der Waals surface area contributed by atoms with Crippen LogP contribution in [0.4, 0.5) is 0 Å². The zero-order valence-corrected chi connectivity index (χ0v) is 10.4. The van der Waals surface area contributed by atoms with E-state index < -0.39 is 6.10 Å². The number of hydrogen-bond acceptors (Lipinski definition) is 3. The summed E-state index contributed by atoms with van der Waals surface area (Å²) in [5.41, 5.74) is 0.881. The standard InChI is InChI=1S/C10H13BrO2S/c1-13-10-3-2-7(6-8(10)11)9(12)4-5-14/h2-3,6,9,12,14H,4-5H2,1H3. The van der Waals surface area contributed by atoms with Crippen LogP contribution in [0.15, 0.2) is 22.7 Å². The molecule has 1 unspecified atom stereocenters. The molecule has 0 radical (unpaired) electrons. The van der Waals surface area contributed by atoms with E-state index in [1.54, 1.807) is 7.11 Å². The number of rotatable bonds is 4. The van der Waals surface area contributed by atoms with Crippen LogP contribution in [-0.4, -0.2) is 18.0 Å². The fourth-order valence-corrected chi connectivity index (χ4v) is 1.98. The molecule has 0 saturated carbocycles. The third kappa shape index (κ3) is 2.90. The zero-order chi connectivity index (χ0) is 10.6. The van der Waals surface area contributed by atoms with Gasteiger partial charge in [-0.05, 0) is 45.8 Å². The molecule has 0 amide bonds. The number of ether oxygens (including phenoxy) is 1. The van der Waals surface area contributed by atoms with E-state index in [-0.39, 0.29) is 0 Å². The lowest BCUT2D eigenvalue weighted by Crippen LogP contribution is -1.98. The Kier molecular flexibility index (Phi) is 4.78. The summed E-state index contributed by atoms with van der Waals surface area (Å²) in [7, 11) is 1.61. The van der Waals surface area contributed by atoms with Gasteiger partial charge in [0.15, 0.2) is 0 Å². The molecule has 1 atom stereocenters. The molecule has 2 nitrogen and oxygen atoms in total. The predicted molar refractivity (Wildman–Crippen MR) is 64.1 cm³/mol. The number of halogens is 1. The first-order valence-corrected chi connectivity index (χ1v) is 5.74. The average molecular weight is 277 g/mol. The topological polar surface area (TPSA) is 29.5 Å². The van der Waals surface area contributed by atoms with Crippen molar-refractivity contribution in [3.05, 3.63) is 28.2 Å². The smallest absolute Gasteiger partial charge is 0.133 e. The Hall–Kier alpha value is -0.190. The van der Waals surface area contributed by atoms with Crippen LogP contribution in [0.3, 0.4) is 0 Å². The fourth-order valence-electron chi connectivity index (χ4n) is 1.18. The second-order valence-corrected chi connectivity index (χ2v) is 4.22. The third-order valence-electron chi connectivity index (χ3n) is 1.96. The van der Waals surface area contributed by atoms with Gasteiger partial charge in [0.25, 0.3) is 0 Å². The molecule has 78 valence electrons. The quantitative estimate of drug-likeness (QED) is 0.829. The van der Waals surface area contributed by atoms with Gasteiger partial charge in [0.05, 0.1) is 17.7 Å². The van der Waals surface area contributed by atoms with Crippen LogP contribution in [0, 0.1) is 0 Å². The summed E-state index contributed by atoms with van der Waals surface area (Å²) < 4.78 is 5.95. The second-order valence-electron chi connectivity index (χ2n) is 2.92. The Morgan fingerprint density at radius 2 is 2.29 bits per heavy atom. The van der Waals surface area contributed by atoms with Crippen molar-refractivity contribution in [3.8, 4) is 5.75 Å². The maximum absolute atomic E-state index is 9.70. The molecule has 0 aliphatic heterocycles. The van der Waals surface area contributed by atoms with Crippen molar-refractivity contribution < 1.29 is 9.84 Å². The van der Waals surface area contributed by atoms with Crippen LogP contribution in [-0.2, 0) is 0 Å². The van der Waals surface area contributed by atoms with Gasteiger partial charge in [-0.1, -0.05) is 6.07 Å². The lowest BCUT2D eigenvalue weighted by Gasteiger charge is -2.11. The minimum absolute atomic E-state index is 0.449. The highest BCUT2D eigenvalue weighted by atomic mass is 79.9. The SMILES string of the molecule is COc1ccc(C(O)CCS)cc1Br. The van der Waals surface area contributed by atoms with E-state index in [2.05, 4.69) is 28.6 Å². The highest BCUT2D eigenvalue weighted by Gasteiger charge is 2.08.